The minimum atomic E-state index is -1.45. The third-order valence-electron chi connectivity index (χ3n) is 2.73. The molecule has 0 radical (unpaired) electrons. The molecule has 5 heteroatoms. The summed E-state index contributed by atoms with van der Waals surface area (Å²) in [4.78, 5) is 12.4. The maximum Gasteiger partial charge on any atom is 0.237 e. The van der Waals surface area contributed by atoms with Gasteiger partial charge in [0.1, 0.15) is 5.75 Å². The standard InChI is InChI=1S/C15H16N2O2S/c1-11-7-8-13(16)14(9-11)20(19)10-15(18)17-12-5-3-2-4-6-12/h2-9H,10,16H2,1H3,(H,17,18). The zero-order valence-corrected chi connectivity index (χ0v) is 11.9. The van der Waals surface area contributed by atoms with E-state index in [2.05, 4.69) is 5.32 Å². The topological polar surface area (TPSA) is 72.2 Å². The number of carbonyl (C=O) groups is 1. The van der Waals surface area contributed by atoms with E-state index >= 15 is 0 Å². The zero-order chi connectivity index (χ0) is 14.5. The Hall–Kier alpha value is -2.14. The lowest BCUT2D eigenvalue weighted by molar-refractivity contribution is -0.113. The van der Waals surface area contributed by atoms with Crippen LogP contribution in [0, 0.1) is 6.92 Å². The van der Waals surface area contributed by atoms with Crippen LogP contribution in [0.25, 0.3) is 0 Å². The predicted octanol–water partition coefficient (Wildman–Crippen LogP) is 2.32. The average Bonchev–Trinajstić information content (AvgIpc) is 2.42. The summed E-state index contributed by atoms with van der Waals surface area (Å²) in [5.41, 5.74) is 7.89. The maximum atomic E-state index is 12.2. The molecule has 2 rings (SSSR count). The van der Waals surface area contributed by atoms with Crippen LogP contribution in [0.3, 0.4) is 0 Å². The molecule has 4 nitrogen and oxygen atoms in total. The molecule has 20 heavy (non-hydrogen) atoms. The van der Waals surface area contributed by atoms with Crippen molar-refractivity contribution in [2.75, 3.05) is 16.8 Å². The van der Waals surface area contributed by atoms with Crippen molar-refractivity contribution in [2.24, 2.45) is 0 Å². The van der Waals surface area contributed by atoms with Crippen LogP contribution in [0.5, 0.6) is 0 Å². The highest BCUT2D eigenvalue weighted by atomic mass is 32.2. The summed E-state index contributed by atoms with van der Waals surface area (Å²) in [6.45, 7) is 1.89. The van der Waals surface area contributed by atoms with E-state index in [1.54, 1.807) is 24.3 Å². The molecule has 0 aromatic heterocycles. The molecule has 0 fully saturated rings. The first-order valence-corrected chi connectivity index (χ1v) is 7.47. The number of benzene rings is 2. The van der Waals surface area contributed by atoms with Crippen LogP contribution in [-0.4, -0.2) is 15.9 Å². The lowest BCUT2D eigenvalue weighted by Gasteiger charge is -2.08. The Morgan fingerprint density at radius 2 is 1.90 bits per heavy atom. The van der Waals surface area contributed by atoms with Gasteiger partial charge < -0.3 is 11.1 Å². The van der Waals surface area contributed by atoms with Gasteiger partial charge in [-0.15, -0.1) is 0 Å². The van der Waals surface area contributed by atoms with Crippen LogP contribution in [0.4, 0.5) is 11.4 Å². The van der Waals surface area contributed by atoms with Crippen LogP contribution in [0.1, 0.15) is 5.56 Å². The second kappa shape index (κ2) is 6.34. The number of aryl methyl sites for hydroxylation is 1. The highest BCUT2D eigenvalue weighted by Crippen LogP contribution is 2.18. The largest absolute Gasteiger partial charge is 0.398 e. The second-order valence-electron chi connectivity index (χ2n) is 4.45. The summed E-state index contributed by atoms with van der Waals surface area (Å²) >= 11 is 0. The van der Waals surface area contributed by atoms with Crippen LogP contribution in [0.15, 0.2) is 53.4 Å². The van der Waals surface area contributed by atoms with Gasteiger partial charge in [-0.05, 0) is 36.8 Å². The molecule has 104 valence electrons. The predicted molar refractivity (Wildman–Crippen MR) is 81.9 cm³/mol. The fourth-order valence-electron chi connectivity index (χ4n) is 1.75. The molecule has 0 aliphatic heterocycles. The Morgan fingerprint density at radius 3 is 2.60 bits per heavy atom. The minimum absolute atomic E-state index is 0.109. The van der Waals surface area contributed by atoms with E-state index in [1.165, 1.54) is 0 Å². The number of rotatable bonds is 4. The monoisotopic (exact) mass is 288 g/mol. The van der Waals surface area contributed by atoms with Gasteiger partial charge in [0.25, 0.3) is 0 Å². The number of amides is 1. The Kier molecular flexibility index (Phi) is 4.53. The molecule has 2 aromatic rings. The van der Waals surface area contributed by atoms with E-state index < -0.39 is 10.8 Å². The van der Waals surface area contributed by atoms with Crippen molar-refractivity contribution in [1.29, 1.82) is 0 Å². The van der Waals surface area contributed by atoms with Crippen molar-refractivity contribution in [3.63, 3.8) is 0 Å². The molecule has 3 N–H and O–H groups in total. The molecule has 1 atom stereocenters. The van der Waals surface area contributed by atoms with Crippen molar-refractivity contribution in [3.05, 3.63) is 54.1 Å². The van der Waals surface area contributed by atoms with Crippen molar-refractivity contribution in [1.82, 2.24) is 0 Å². The number of nitrogen functional groups attached to an aromatic ring is 1. The molecule has 0 heterocycles. The number of anilines is 2. The number of carbonyl (C=O) groups excluding carboxylic acids is 1. The van der Waals surface area contributed by atoms with Crippen LogP contribution in [-0.2, 0) is 15.6 Å². The lowest BCUT2D eigenvalue weighted by Crippen LogP contribution is -2.20. The van der Waals surface area contributed by atoms with Crippen LogP contribution in [0.2, 0.25) is 0 Å². The number of nitrogens with two attached hydrogens (primary N) is 1. The number of hydrogen-bond acceptors (Lipinski definition) is 3. The summed E-state index contributed by atoms with van der Waals surface area (Å²) in [5, 5.41) is 2.70. The maximum absolute atomic E-state index is 12.2. The molecule has 0 aliphatic rings. The molecule has 1 unspecified atom stereocenters. The zero-order valence-electron chi connectivity index (χ0n) is 11.1. The molecule has 0 spiro atoms. The molecular formula is C15H16N2O2S. The van der Waals surface area contributed by atoms with Gasteiger partial charge >= 0.3 is 0 Å². The van der Waals surface area contributed by atoms with Gasteiger partial charge in [-0.25, -0.2) is 0 Å². The van der Waals surface area contributed by atoms with E-state index in [9.17, 15) is 9.00 Å². The molecule has 0 saturated heterocycles. The van der Waals surface area contributed by atoms with E-state index in [0.29, 0.717) is 16.3 Å². The van der Waals surface area contributed by atoms with Crippen molar-refractivity contribution in [2.45, 2.75) is 11.8 Å². The quantitative estimate of drug-likeness (QED) is 0.848. The fourth-order valence-corrected chi connectivity index (χ4v) is 2.87. The fraction of sp³-hybridized carbons (Fsp3) is 0.133. The number of para-hydroxylation sites is 1. The van der Waals surface area contributed by atoms with Gasteiger partial charge in [0.05, 0.1) is 15.7 Å². The summed E-state index contributed by atoms with van der Waals surface area (Å²) in [6.07, 6.45) is 0. The lowest BCUT2D eigenvalue weighted by atomic mass is 10.2. The summed E-state index contributed by atoms with van der Waals surface area (Å²) in [7, 11) is -1.45. The molecule has 0 bridgehead atoms. The van der Waals surface area contributed by atoms with Crippen molar-refractivity contribution < 1.29 is 9.00 Å². The Labute approximate surface area is 120 Å². The first kappa shape index (κ1) is 14.3. The first-order chi connectivity index (χ1) is 9.56. The van der Waals surface area contributed by atoms with Gasteiger partial charge in [-0.3, -0.25) is 9.00 Å². The summed E-state index contributed by atoms with van der Waals surface area (Å²) < 4.78 is 12.2. The van der Waals surface area contributed by atoms with Gasteiger partial charge in [0.15, 0.2) is 0 Å². The van der Waals surface area contributed by atoms with E-state index in [1.807, 2.05) is 31.2 Å². The Balaban J connectivity index is 2.04. The number of hydrogen-bond donors (Lipinski definition) is 2. The molecule has 2 aromatic carbocycles. The van der Waals surface area contributed by atoms with E-state index in [-0.39, 0.29) is 11.7 Å². The highest BCUT2D eigenvalue weighted by molar-refractivity contribution is 7.86. The molecule has 1 amide bonds. The summed E-state index contributed by atoms with van der Waals surface area (Å²) in [5.74, 6) is -0.404. The first-order valence-electron chi connectivity index (χ1n) is 6.15. The average molecular weight is 288 g/mol. The van der Waals surface area contributed by atoms with Crippen LogP contribution >= 0.6 is 0 Å². The van der Waals surface area contributed by atoms with E-state index in [4.69, 9.17) is 5.73 Å². The third-order valence-corrected chi connectivity index (χ3v) is 4.10. The number of nitrogens with one attached hydrogen (secondary N) is 1. The SMILES string of the molecule is Cc1ccc(N)c(S(=O)CC(=O)Nc2ccccc2)c1. The third kappa shape index (κ3) is 3.68. The Morgan fingerprint density at radius 1 is 1.20 bits per heavy atom. The summed E-state index contributed by atoms with van der Waals surface area (Å²) in [6, 6.07) is 14.4. The van der Waals surface area contributed by atoms with Crippen molar-refractivity contribution >= 4 is 28.1 Å². The van der Waals surface area contributed by atoms with Gasteiger partial charge in [-0.1, -0.05) is 24.3 Å². The molecule has 0 aliphatic carbocycles. The highest BCUT2D eigenvalue weighted by Gasteiger charge is 2.13. The van der Waals surface area contributed by atoms with Gasteiger partial charge in [0, 0.05) is 11.4 Å². The molecule has 0 saturated carbocycles. The second-order valence-corrected chi connectivity index (χ2v) is 5.86. The molecular weight excluding hydrogens is 272 g/mol. The van der Waals surface area contributed by atoms with Crippen molar-refractivity contribution in [3.8, 4) is 0 Å². The Bertz CT molecular complexity index is 642. The normalized spacial score (nSPS) is 11.8. The van der Waals surface area contributed by atoms with Gasteiger partial charge in [0.2, 0.25) is 5.91 Å². The van der Waals surface area contributed by atoms with E-state index in [0.717, 1.165) is 5.56 Å². The smallest absolute Gasteiger partial charge is 0.237 e. The van der Waals surface area contributed by atoms with Gasteiger partial charge in [-0.2, -0.15) is 0 Å². The minimum Gasteiger partial charge on any atom is -0.398 e. The van der Waals surface area contributed by atoms with Crippen LogP contribution < -0.4 is 11.1 Å².